The lowest BCUT2D eigenvalue weighted by Gasteiger charge is -2.32. The van der Waals surface area contributed by atoms with E-state index < -0.39 is 10.0 Å². The highest BCUT2D eigenvalue weighted by atomic mass is 32.2. The van der Waals surface area contributed by atoms with E-state index in [-0.39, 0.29) is 17.0 Å². The van der Waals surface area contributed by atoms with Crippen LogP contribution in [0.15, 0.2) is 94.9 Å². The van der Waals surface area contributed by atoms with Crippen LogP contribution in [0.25, 0.3) is 0 Å². The molecule has 1 heterocycles. The number of benzene rings is 3. The number of nitrogens with zero attached hydrogens (tertiary/aromatic N) is 1. The van der Waals surface area contributed by atoms with Gasteiger partial charge in [0.25, 0.3) is 10.0 Å². The number of hydrazone groups is 1. The monoisotopic (exact) mass is 435 g/mol. The molecule has 1 fully saturated rings. The van der Waals surface area contributed by atoms with Gasteiger partial charge >= 0.3 is 0 Å². The van der Waals surface area contributed by atoms with Crippen molar-refractivity contribution in [3.8, 4) is 5.75 Å². The van der Waals surface area contributed by atoms with E-state index in [1.54, 1.807) is 12.1 Å². The van der Waals surface area contributed by atoms with E-state index in [9.17, 15) is 8.42 Å². The van der Waals surface area contributed by atoms with Gasteiger partial charge in [0.1, 0.15) is 5.75 Å². The molecule has 3 aromatic carbocycles. The molecule has 31 heavy (non-hydrogen) atoms. The number of hydrogen-bond acceptors (Lipinski definition) is 5. The van der Waals surface area contributed by atoms with E-state index in [1.807, 2.05) is 36.4 Å². The van der Waals surface area contributed by atoms with Crippen molar-refractivity contribution in [3.63, 3.8) is 0 Å². The first-order valence-corrected chi connectivity index (χ1v) is 11.6. The smallest absolute Gasteiger partial charge is 0.276 e. The van der Waals surface area contributed by atoms with Crippen molar-refractivity contribution in [1.29, 1.82) is 0 Å². The molecule has 4 rings (SSSR count). The summed E-state index contributed by atoms with van der Waals surface area (Å²) in [6.45, 7) is 0. The Kier molecular flexibility index (Phi) is 6.34. The lowest BCUT2D eigenvalue weighted by molar-refractivity contribution is 0.414. The predicted octanol–water partition coefficient (Wildman–Crippen LogP) is 4.20. The fraction of sp³-hybridized carbons (Fsp3) is 0.208. The van der Waals surface area contributed by atoms with E-state index >= 15 is 0 Å². The first-order valence-electron chi connectivity index (χ1n) is 10.1. The molecule has 2 unspecified atom stereocenters. The van der Waals surface area contributed by atoms with Crippen LogP contribution in [0.2, 0.25) is 0 Å². The zero-order valence-electron chi connectivity index (χ0n) is 17.2. The second kappa shape index (κ2) is 9.32. The summed E-state index contributed by atoms with van der Waals surface area (Å²) in [5.41, 5.74) is 3.10. The highest BCUT2D eigenvalue weighted by Crippen LogP contribution is 2.31. The molecule has 2 N–H and O–H groups in total. The van der Waals surface area contributed by atoms with Crippen molar-refractivity contribution in [2.45, 2.75) is 29.8 Å². The summed E-state index contributed by atoms with van der Waals surface area (Å²) in [4.78, 5) is 2.56. The number of ether oxygens (including phenoxy) is 1. The van der Waals surface area contributed by atoms with E-state index in [0.29, 0.717) is 18.6 Å². The first kappa shape index (κ1) is 21.1. The largest absolute Gasteiger partial charge is 0.497 e. The Bertz CT molecular complexity index is 1080. The number of sulfonamides is 1. The minimum absolute atomic E-state index is 0.0457. The standard InChI is InChI=1S/C24H25N3O3S/c1-30-21-12-14-22(15-13-21)31(28,29)27-26-20-16-23(18-8-4-2-5-9-18)25-24(17-20)19-10-6-3-7-11-19/h2-15,23-25,27H,16-17H2,1H3. The Morgan fingerprint density at radius 1 is 0.839 bits per heavy atom. The Balaban J connectivity index is 1.58. The number of methoxy groups -OCH3 is 1. The van der Waals surface area contributed by atoms with Crippen molar-refractivity contribution in [2.75, 3.05) is 7.11 Å². The fourth-order valence-electron chi connectivity index (χ4n) is 3.74. The number of nitrogens with one attached hydrogen (secondary N) is 2. The summed E-state index contributed by atoms with van der Waals surface area (Å²) in [6, 6.07) is 26.6. The van der Waals surface area contributed by atoms with Crippen LogP contribution in [-0.4, -0.2) is 21.2 Å². The lowest BCUT2D eigenvalue weighted by Crippen LogP contribution is -2.36. The van der Waals surface area contributed by atoms with Gasteiger partial charge in [0, 0.05) is 30.6 Å². The third kappa shape index (κ3) is 5.13. The van der Waals surface area contributed by atoms with Gasteiger partial charge in [-0.1, -0.05) is 60.7 Å². The molecule has 1 aliphatic rings. The first-order chi connectivity index (χ1) is 15.0. The van der Waals surface area contributed by atoms with Gasteiger partial charge in [-0.3, -0.25) is 0 Å². The average Bonchev–Trinajstić information content (AvgIpc) is 2.84. The molecule has 6 nitrogen and oxygen atoms in total. The molecule has 0 radical (unpaired) electrons. The Morgan fingerprint density at radius 2 is 1.35 bits per heavy atom. The molecule has 0 aliphatic carbocycles. The van der Waals surface area contributed by atoms with Crippen LogP contribution >= 0.6 is 0 Å². The topological polar surface area (TPSA) is 79.8 Å². The van der Waals surface area contributed by atoms with E-state index in [1.165, 1.54) is 19.2 Å². The van der Waals surface area contributed by atoms with E-state index in [0.717, 1.165) is 16.8 Å². The summed E-state index contributed by atoms with van der Waals surface area (Å²) in [5, 5.41) is 8.02. The minimum Gasteiger partial charge on any atom is -0.497 e. The number of hydrogen-bond donors (Lipinski definition) is 2. The van der Waals surface area contributed by atoms with Crippen LogP contribution in [0.5, 0.6) is 5.75 Å². The van der Waals surface area contributed by atoms with Gasteiger partial charge in [-0.2, -0.15) is 13.5 Å². The lowest BCUT2D eigenvalue weighted by atomic mass is 9.89. The fourth-order valence-corrected chi connectivity index (χ4v) is 4.59. The van der Waals surface area contributed by atoms with Crippen molar-refractivity contribution in [1.82, 2.24) is 10.1 Å². The minimum atomic E-state index is -3.76. The molecular formula is C24H25N3O3S. The van der Waals surface area contributed by atoms with Crippen molar-refractivity contribution in [2.24, 2.45) is 5.10 Å². The Morgan fingerprint density at radius 3 is 1.84 bits per heavy atom. The van der Waals surface area contributed by atoms with Crippen LogP contribution in [0, 0.1) is 0 Å². The number of piperidine rings is 1. The second-order valence-corrected chi connectivity index (χ2v) is 9.11. The van der Waals surface area contributed by atoms with Gasteiger partial charge in [0.05, 0.1) is 12.0 Å². The zero-order chi connectivity index (χ0) is 21.7. The number of rotatable bonds is 6. The molecule has 0 spiro atoms. The summed E-state index contributed by atoms with van der Waals surface area (Å²) in [7, 11) is -2.22. The normalized spacial score (nSPS) is 18.9. The highest BCUT2D eigenvalue weighted by Gasteiger charge is 2.28. The molecule has 1 saturated heterocycles. The van der Waals surface area contributed by atoms with E-state index in [2.05, 4.69) is 39.5 Å². The molecule has 1 aliphatic heterocycles. The average molecular weight is 436 g/mol. The molecule has 7 heteroatoms. The molecule has 2 atom stereocenters. The quantitative estimate of drug-likeness (QED) is 0.569. The van der Waals surface area contributed by atoms with Crippen LogP contribution in [-0.2, 0) is 10.0 Å². The molecule has 0 amide bonds. The summed E-state index contributed by atoms with van der Waals surface area (Å²) < 4.78 is 30.5. The highest BCUT2D eigenvalue weighted by molar-refractivity contribution is 7.89. The van der Waals surface area contributed by atoms with Crippen LogP contribution in [0.3, 0.4) is 0 Å². The second-order valence-electron chi connectivity index (χ2n) is 7.45. The molecule has 0 aromatic heterocycles. The van der Waals surface area contributed by atoms with Crippen LogP contribution in [0.1, 0.15) is 36.1 Å². The van der Waals surface area contributed by atoms with Gasteiger partial charge in [-0.05, 0) is 35.4 Å². The van der Waals surface area contributed by atoms with Crippen LogP contribution in [0.4, 0.5) is 0 Å². The van der Waals surface area contributed by atoms with Gasteiger partial charge in [-0.25, -0.2) is 4.83 Å². The SMILES string of the molecule is COc1ccc(S(=O)(=O)NN=C2CC(c3ccccc3)NC(c3ccccc3)C2)cc1. The van der Waals surface area contributed by atoms with Gasteiger partial charge in [0.2, 0.25) is 0 Å². The third-order valence-electron chi connectivity index (χ3n) is 5.38. The van der Waals surface area contributed by atoms with Gasteiger partial charge in [-0.15, -0.1) is 0 Å². The maximum Gasteiger partial charge on any atom is 0.276 e. The van der Waals surface area contributed by atoms with E-state index in [4.69, 9.17) is 4.74 Å². The Labute approximate surface area is 183 Å². The molecule has 0 saturated carbocycles. The van der Waals surface area contributed by atoms with Gasteiger partial charge < -0.3 is 10.1 Å². The zero-order valence-corrected chi connectivity index (χ0v) is 18.0. The molecular weight excluding hydrogens is 410 g/mol. The third-order valence-corrected chi connectivity index (χ3v) is 6.60. The van der Waals surface area contributed by atoms with Crippen molar-refractivity contribution < 1.29 is 13.2 Å². The van der Waals surface area contributed by atoms with Crippen molar-refractivity contribution in [3.05, 3.63) is 96.1 Å². The van der Waals surface area contributed by atoms with Gasteiger partial charge in [0.15, 0.2) is 0 Å². The maximum atomic E-state index is 12.7. The maximum absolute atomic E-state index is 12.7. The van der Waals surface area contributed by atoms with Crippen molar-refractivity contribution >= 4 is 15.7 Å². The summed E-state index contributed by atoms with van der Waals surface area (Å²) in [6.07, 6.45) is 1.25. The molecule has 0 bridgehead atoms. The molecule has 160 valence electrons. The van der Waals surface area contributed by atoms with Crippen LogP contribution < -0.4 is 14.9 Å². The Hall–Kier alpha value is -3.16. The predicted molar refractivity (Wildman–Crippen MR) is 121 cm³/mol. The summed E-state index contributed by atoms with van der Waals surface area (Å²) >= 11 is 0. The summed E-state index contributed by atoms with van der Waals surface area (Å²) in [5.74, 6) is 0.597. The molecule has 3 aromatic rings.